The van der Waals surface area contributed by atoms with Crippen LogP contribution >= 0.6 is 11.6 Å². The molecule has 1 amide bonds. The van der Waals surface area contributed by atoms with Gasteiger partial charge in [-0.2, -0.15) is 5.10 Å². The van der Waals surface area contributed by atoms with Crippen LogP contribution in [0.1, 0.15) is 30.2 Å². The van der Waals surface area contributed by atoms with Crippen LogP contribution in [0.25, 0.3) is 10.6 Å². The van der Waals surface area contributed by atoms with Gasteiger partial charge in [0.05, 0.1) is 23.5 Å². The molecule has 1 aliphatic carbocycles. The molecular formula is C20H24ClN5O2. The Morgan fingerprint density at radius 2 is 2.07 bits per heavy atom. The molecule has 2 aromatic rings. The first-order valence-electron chi connectivity index (χ1n) is 9.61. The van der Waals surface area contributed by atoms with Gasteiger partial charge in [-0.3, -0.25) is 9.67 Å². The third-order valence-electron chi connectivity index (χ3n) is 5.20. The molecule has 4 rings (SSSR count). The number of hydrogen-bond acceptors (Lipinski definition) is 5. The Morgan fingerprint density at radius 1 is 1.29 bits per heavy atom. The molecule has 2 aromatic heterocycles. The van der Waals surface area contributed by atoms with Crippen LogP contribution < -0.4 is 4.90 Å². The van der Waals surface area contributed by atoms with Gasteiger partial charge in [-0.05, 0) is 18.1 Å². The lowest BCUT2D eigenvalue weighted by molar-refractivity contribution is 0.100. The summed E-state index contributed by atoms with van der Waals surface area (Å²) >= 11 is 6.80. The predicted octanol–water partition coefficient (Wildman–Crippen LogP) is 3.15. The van der Waals surface area contributed by atoms with Crippen LogP contribution in [-0.2, 0) is 18.2 Å². The van der Waals surface area contributed by atoms with Crippen molar-refractivity contribution in [3.63, 3.8) is 0 Å². The van der Waals surface area contributed by atoms with Gasteiger partial charge in [0.1, 0.15) is 0 Å². The molecule has 28 heavy (non-hydrogen) atoms. The molecule has 7 nitrogen and oxygen atoms in total. The van der Waals surface area contributed by atoms with Crippen molar-refractivity contribution in [2.45, 2.75) is 19.8 Å². The van der Waals surface area contributed by atoms with E-state index in [4.69, 9.17) is 16.3 Å². The fourth-order valence-electron chi connectivity index (χ4n) is 3.74. The summed E-state index contributed by atoms with van der Waals surface area (Å²) in [6.07, 6.45) is 6.97. The Balaban J connectivity index is 1.54. The van der Waals surface area contributed by atoms with Gasteiger partial charge < -0.3 is 14.5 Å². The van der Waals surface area contributed by atoms with Crippen molar-refractivity contribution in [3.8, 4) is 0 Å². The number of hydrogen-bond donors (Lipinski definition) is 0. The molecule has 1 aliphatic heterocycles. The molecule has 148 valence electrons. The normalized spacial score (nSPS) is 16.5. The lowest BCUT2D eigenvalue weighted by Crippen LogP contribution is -2.49. The van der Waals surface area contributed by atoms with Crippen LogP contribution in [0, 0.1) is 0 Å². The molecule has 0 bridgehead atoms. The fraction of sp³-hybridized carbons (Fsp3) is 0.450. The number of amides is 1. The van der Waals surface area contributed by atoms with E-state index in [0.29, 0.717) is 26.1 Å². The molecule has 0 aromatic carbocycles. The molecule has 3 heterocycles. The van der Waals surface area contributed by atoms with Crippen molar-refractivity contribution in [2.24, 2.45) is 7.05 Å². The highest BCUT2D eigenvalue weighted by Gasteiger charge is 2.30. The van der Waals surface area contributed by atoms with E-state index in [9.17, 15) is 4.79 Å². The average molecular weight is 402 g/mol. The Kier molecular flexibility index (Phi) is 5.26. The first kappa shape index (κ1) is 18.8. The van der Waals surface area contributed by atoms with E-state index in [1.807, 2.05) is 38.6 Å². The van der Waals surface area contributed by atoms with Gasteiger partial charge in [0.15, 0.2) is 0 Å². The number of ether oxygens (including phenoxy) is 1. The second kappa shape index (κ2) is 7.83. The van der Waals surface area contributed by atoms with E-state index in [0.717, 1.165) is 52.6 Å². The summed E-state index contributed by atoms with van der Waals surface area (Å²) < 4.78 is 7.03. The Labute approximate surface area is 169 Å². The highest BCUT2D eigenvalue weighted by atomic mass is 35.5. The molecule has 1 fully saturated rings. The minimum atomic E-state index is -0.224. The van der Waals surface area contributed by atoms with Crippen molar-refractivity contribution < 1.29 is 9.53 Å². The van der Waals surface area contributed by atoms with Crippen molar-refractivity contribution >= 4 is 34.0 Å². The minimum Gasteiger partial charge on any atom is -0.449 e. The summed E-state index contributed by atoms with van der Waals surface area (Å²) in [5.41, 5.74) is 5.16. The molecule has 1 saturated heterocycles. The summed E-state index contributed by atoms with van der Waals surface area (Å²) in [4.78, 5) is 20.7. The monoisotopic (exact) mass is 401 g/mol. The van der Waals surface area contributed by atoms with E-state index < -0.39 is 0 Å². The zero-order valence-corrected chi connectivity index (χ0v) is 16.9. The number of rotatable bonds is 4. The lowest BCUT2D eigenvalue weighted by atomic mass is 10.1. The summed E-state index contributed by atoms with van der Waals surface area (Å²) in [7, 11) is 1.90. The molecule has 8 heteroatoms. The van der Waals surface area contributed by atoms with Crippen LogP contribution in [0.15, 0.2) is 24.7 Å². The Hall–Kier alpha value is -2.54. The molecule has 0 saturated carbocycles. The highest BCUT2D eigenvalue weighted by Crippen LogP contribution is 2.44. The predicted molar refractivity (Wildman–Crippen MR) is 109 cm³/mol. The second-order valence-electron chi connectivity index (χ2n) is 7.11. The van der Waals surface area contributed by atoms with Crippen LogP contribution in [-0.4, -0.2) is 58.5 Å². The Bertz CT molecular complexity index is 915. The van der Waals surface area contributed by atoms with Crippen LogP contribution in [0.5, 0.6) is 0 Å². The number of allylic oxidation sites excluding steroid dienone is 1. The number of carbonyl (C=O) groups excluding carboxylic acids is 1. The van der Waals surface area contributed by atoms with Crippen LogP contribution in [0.4, 0.5) is 10.5 Å². The Morgan fingerprint density at radius 3 is 2.75 bits per heavy atom. The van der Waals surface area contributed by atoms with Crippen molar-refractivity contribution in [1.29, 1.82) is 0 Å². The van der Waals surface area contributed by atoms with Crippen molar-refractivity contribution in [2.75, 3.05) is 37.7 Å². The number of anilines is 1. The standard InChI is InChI=1S/C20H24ClN5O2/c1-3-10-28-20(27)26-8-6-25(7-9-26)17-4-5-22-16-11-15(19(21)18(16)17)14-12-23-24(2)13-14/h4-5,12-13H,3,6-11H2,1-2H3. The molecule has 0 atom stereocenters. The maximum absolute atomic E-state index is 12.1. The van der Waals surface area contributed by atoms with Crippen LogP contribution in [0.3, 0.4) is 0 Å². The zero-order chi connectivity index (χ0) is 19.7. The number of fused-ring (bicyclic) bond motifs is 1. The molecule has 0 N–H and O–H groups in total. The summed E-state index contributed by atoms with van der Waals surface area (Å²) in [5, 5.41) is 5.01. The van der Waals surface area contributed by atoms with E-state index in [2.05, 4.69) is 15.0 Å². The largest absolute Gasteiger partial charge is 0.449 e. The second-order valence-corrected chi connectivity index (χ2v) is 7.49. The third kappa shape index (κ3) is 3.46. The molecule has 0 spiro atoms. The van der Waals surface area contributed by atoms with E-state index in [1.54, 1.807) is 9.58 Å². The number of halogens is 1. The van der Waals surface area contributed by atoms with Crippen LogP contribution in [0.2, 0.25) is 0 Å². The highest BCUT2D eigenvalue weighted by molar-refractivity contribution is 6.54. The average Bonchev–Trinajstić information content (AvgIpc) is 3.29. The smallest absolute Gasteiger partial charge is 0.409 e. The first-order valence-corrected chi connectivity index (χ1v) is 9.98. The van der Waals surface area contributed by atoms with Gasteiger partial charge in [-0.1, -0.05) is 18.5 Å². The summed E-state index contributed by atoms with van der Waals surface area (Å²) in [6, 6.07) is 2.01. The number of carbonyl (C=O) groups is 1. The van der Waals surface area contributed by atoms with Crippen molar-refractivity contribution in [1.82, 2.24) is 19.7 Å². The number of aromatic nitrogens is 3. The quantitative estimate of drug-likeness (QED) is 0.787. The minimum absolute atomic E-state index is 0.224. The third-order valence-corrected chi connectivity index (χ3v) is 5.61. The van der Waals surface area contributed by atoms with Gasteiger partial charge in [-0.15, -0.1) is 0 Å². The van der Waals surface area contributed by atoms with Gasteiger partial charge in [0.2, 0.25) is 0 Å². The van der Waals surface area contributed by atoms with Gasteiger partial charge in [-0.25, -0.2) is 4.79 Å². The van der Waals surface area contributed by atoms with Crippen molar-refractivity contribution in [3.05, 3.63) is 41.5 Å². The molecular weight excluding hydrogens is 378 g/mol. The molecule has 0 radical (unpaired) electrons. The number of piperazine rings is 1. The maximum Gasteiger partial charge on any atom is 0.409 e. The SMILES string of the molecule is CCCOC(=O)N1CCN(c2ccnc3c2C(Cl)=C(c2cnn(C)c2)C3)CC1. The topological polar surface area (TPSA) is 63.5 Å². The number of nitrogens with zero attached hydrogens (tertiary/aromatic N) is 5. The summed E-state index contributed by atoms with van der Waals surface area (Å²) in [6.45, 7) is 5.21. The fourth-order valence-corrected chi connectivity index (χ4v) is 4.12. The maximum atomic E-state index is 12.1. The lowest BCUT2D eigenvalue weighted by Gasteiger charge is -2.36. The summed E-state index contributed by atoms with van der Waals surface area (Å²) in [5.74, 6) is 0. The number of aryl methyl sites for hydroxylation is 1. The molecule has 2 aliphatic rings. The van der Waals surface area contributed by atoms with E-state index >= 15 is 0 Å². The molecule has 0 unspecified atom stereocenters. The van der Waals surface area contributed by atoms with E-state index in [-0.39, 0.29) is 6.09 Å². The number of pyridine rings is 1. The van der Waals surface area contributed by atoms with Gasteiger partial charge in [0, 0.05) is 68.9 Å². The van der Waals surface area contributed by atoms with Gasteiger partial charge >= 0.3 is 6.09 Å². The first-order chi connectivity index (χ1) is 13.6. The van der Waals surface area contributed by atoms with Gasteiger partial charge in [0.25, 0.3) is 0 Å². The zero-order valence-electron chi connectivity index (χ0n) is 16.2. The van der Waals surface area contributed by atoms with E-state index in [1.165, 1.54) is 0 Å².